The van der Waals surface area contributed by atoms with Gasteiger partial charge in [-0.15, -0.1) is 0 Å². The Morgan fingerprint density at radius 2 is 1.18 bits per heavy atom. The van der Waals surface area contributed by atoms with Gasteiger partial charge in [0.15, 0.2) is 0 Å². The van der Waals surface area contributed by atoms with E-state index < -0.39 is 0 Å². The van der Waals surface area contributed by atoms with Crippen LogP contribution in [0, 0.1) is 0 Å². The molecule has 1 N–H and O–H groups in total. The SMILES string of the molecule is COc1ccc(C(C)C)cc1-c1cc(C(=O)NCCc2ccccc2)c(OCc2ccccc2)cc1OCc1ccccc1. The molecule has 5 aromatic rings. The maximum atomic E-state index is 13.8. The normalized spacial score (nSPS) is 10.8. The Kier molecular flexibility index (Phi) is 10.3. The number of nitrogens with one attached hydrogen (secondary N) is 1. The number of carbonyl (C=O) groups is 1. The highest BCUT2D eigenvalue weighted by Crippen LogP contribution is 2.42. The lowest BCUT2D eigenvalue weighted by atomic mass is 9.94. The molecule has 5 heteroatoms. The van der Waals surface area contributed by atoms with Gasteiger partial charge in [-0.05, 0) is 52.8 Å². The fourth-order valence-electron chi connectivity index (χ4n) is 5.01. The van der Waals surface area contributed by atoms with Crippen molar-refractivity contribution in [1.29, 1.82) is 0 Å². The third kappa shape index (κ3) is 7.87. The third-order valence-corrected chi connectivity index (χ3v) is 7.52. The fraction of sp³-hybridized carbons (Fsp3) is 0.205. The van der Waals surface area contributed by atoms with Gasteiger partial charge in [-0.25, -0.2) is 0 Å². The standard InChI is InChI=1S/C39H39NO4/c1-28(2)32-19-20-36(42-3)33(23-32)34-24-35(39(41)40-22-21-29-13-7-4-8-14-29)38(44-27-31-17-11-6-12-18-31)25-37(34)43-26-30-15-9-5-10-16-30/h4-20,23-25,28H,21-22,26-27H2,1-3H3,(H,40,41). The molecule has 0 aromatic heterocycles. The lowest BCUT2D eigenvalue weighted by molar-refractivity contribution is 0.0949. The van der Waals surface area contributed by atoms with Gasteiger partial charge >= 0.3 is 0 Å². The molecular formula is C39H39NO4. The average Bonchev–Trinajstić information content (AvgIpc) is 3.07. The van der Waals surface area contributed by atoms with Crippen LogP contribution in [0.25, 0.3) is 11.1 Å². The second-order valence-electron chi connectivity index (χ2n) is 11.0. The molecule has 5 rings (SSSR count). The van der Waals surface area contributed by atoms with Crippen molar-refractivity contribution in [1.82, 2.24) is 5.32 Å². The van der Waals surface area contributed by atoms with Crippen LogP contribution in [0.5, 0.6) is 17.2 Å². The monoisotopic (exact) mass is 585 g/mol. The van der Waals surface area contributed by atoms with Gasteiger partial charge in [0.25, 0.3) is 5.91 Å². The third-order valence-electron chi connectivity index (χ3n) is 7.52. The Morgan fingerprint density at radius 1 is 0.636 bits per heavy atom. The highest BCUT2D eigenvalue weighted by Gasteiger charge is 2.22. The lowest BCUT2D eigenvalue weighted by Gasteiger charge is -2.20. The van der Waals surface area contributed by atoms with Crippen molar-refractivity contribution < 1.29 is 19.0 Å². The van der Waals surface area contributed by atoms with Crippen LogP contribution in [0.4, 0.5) is 0 Å². The minimum Gasteiger partial charge on any atom is -0.496 e. The van der Waals surface area contributed by atoms with Crippen molar-refractivity contribution in [3.63, 3.8) is 0 Å². The zero-order valence-electron chi connectivity index (χ0n) is 25.6. The molecule has 0 saturated carbocycles. The lowest BCUT2D eigenvalue weighted by Crippen LogP contribution is -2.26. The molecule has 5 nitrogen and oxygen atoms in total. The van der Waals surface area contributed by atoms with E-state index in [-0.39, 0.29) is 5.91 Å². The highest BCUT2D eigenvalue weighted by molar-refractivity contribution is 5.99. The maximum Gasteiger partial charge on any atom is 0.255 e. The summed E-state index contributed by atoms with van der Waals surface area (Å²) in [5.74, 6) is 1.86. The van der Waals surface area contributed by atoms with Crippen LogP contribution in [0.2, 0.25) is 0 Å². The van der Waals surface area contributed by atoms with Gasteiger partial charge in [0.2, 0.25) is 0 Å². The van der Waals surface area contributed by atoms with E-state index in [1.165, 1.54) is 0 Å². The Morgan fingerprint density at radius 3 is 1.75 bits per heavy atom. The predicted octanol–water partition coefficient (Wildman–Crippen LogP) is 8.62. The summed E-state index contributed by atoms with van der Waals surface area (Å²) >= 11 is 0. The van der Waals surface area contributed by atoms with Gasteiger partial charge in [-0.3, -0.25) is 4.79 Å². The van der Waals surface area contributed by atoms with E-state index in [1.807, 2.05) is 97.1 Å². The van der Waals surface area contributed by atoms with Crippen LogP contribution in [-0.2, 0) is 19.6 Å². The van der Waals surface area contributed by atoms with E-state index in [0.717, 1.165) is 39.8 Å². The number of hydrogen-bond acceptors (Lipinski definition) is 4. The maximum absolute atomic E-state index is 13.8. The van der Waals surface area contributed by atoms with Gasteiger partial charge in [0.1, 0.15) is 30.5 Å². The van der Waals surface area contributed by atoms with Gasteiger partial charge < -0.3 is 19.5 Å². The quantitative estimate of drug-likeness (QED) is 0.150. The molecule has 0 aliphatic rings. The summed E-state index contributed by atoms with van der Waals surface area (Å²) in [6.07, 6.45) is 0.724. The second-order valence-corrected chi connectivity index (χ2v) is 11.0. The largest absolute Gasteiger partial charge is 0.496 e. The van der Waals surface area contributed by atoms with E-state index in [2.05, 4.69) is 43.4 Å². The van der Waals surface area contributed by atoms with Crippen LogP contribution < -0.4 is 19.5 Å². The van der Waals surface area contributed by atoms with Crippen LogP contribution in [0.1, 0.15) is 52.4 Å². The zero-order valence-corrected chi connectivity index (χ0v) is 25.6. The van der Waals surface area contributed by atoms with E-state index in [1.54, 1.807) is 7.11 Å². The fourth-order valence-corrected chi connectivity index (χ4v) is 5.01. The number of hydrogen-bond donors (Lipinski definition) is 1. The van der Waals surface area contributed by atoms with Crippen LogP contribution >= 0.6 is 0 Å². The minimum absolute atomic E-state index is 0.209. The van der Waals surface area contributed by atoms with Crippen molar-refractivity contribution >= 4 is 5.91 Å². The molecule has 0 bridgehead atoms. The zero-order chi connectivity index (χ0) is 30.7. The van der Waals surface area contributed by atoms with Gasteiger partial charge in [0.05, 0.1) is 12.7 Å². The Balaban J connectivity index is 1.56. The number of benzene rings is 5. The topological polar surface area (TPSA) is 56.8 Å². The van der Waals surface area contributed by atoms with E-state index in [0.29, 0.717) is 48.5 Å². The predicted molar refractivity (Wildman–Crippen MR) is 177 cm³/mol. The molecule has 0 radical (unpaired) electrons. The minimum atomic E-state index is -0.209. The van der Waals surface area contributed by atoms with Crippen molar-refractivity contribution in [2.24, 2.45) is 0 Å². The van der Waals surface area contributed by atoms with Crippen LogP contribution in [0.15, 0.2) is 121 Å². The number of methoxy groups -OCH3 is 1. The molecule has 0 atom stereocenters. The molecule has 0 spiro atoms. The molecule has 0 aliphatic carbocycles. The Labute approximate surface area is 260 Å². The summed E-state index contributed by atoms with van der Waals surface area (Å²) in [5, 5.41) is 3.11. The molecule has 0 aliphatic heterocycles. The van der Waals surface area contributed by atoms with Gasteiger partial charge in [0, 0.05) is 23.7 Å². The molecule has 0 fully saturated rings. The molecule has 1 amide bonds. The van der Waals surface area contributed by atoms with E-state index >= 15 is 0 Å². The summed E-state index contributed by atoms with van der Waals surface area (Å²) in [5.41, 5.74) is 6.42. The van der Waals surface area contributed by atoms with Crippen LogP contribution in [-0.4, -0.2) is 19.6 Å². The number of rotatable bonds is 13. The average molecular weight is 586 g/mol. The first-order valence-corrected chi connectivity index (χ1v) is 15.0. The Hall–Kier alpha value is -5.03. The molecule has 5 aromatic carbocycles. The van der Waals surface area contributed by atoms with Crippen molar-refractivity contribution in [3.05, 3.63) is 149 Å². The van der Waals surface area contributed by atoms with Gasteiger partial charge in [-0.1, -0.05) is 111 Å². The molecule has 0 heterocycles. The Bertz CT molecular complexity index is 1650. The van der Waals surface area contributed by atoms with Gasteiger partial charge in [-0.2, -0.15) is 0 Å². The summed E-state index contributed by atoms with van der Waals surface area (Å²) < 4.78 is 18.6. The summed E-state index contributed by atoms with van der Waals surface area (Å²) in [6.45, 7) is 5.49. The number of carbonyl (C=O) groups excluding carboxylic acids is 1. The van der Waals surface area contributed by atoms with E-state index in [9.17, 15) is 4.79 Å². The first kappa shape index (κ1) is 30.4. The van der Waals surface area contributed by atoms with Crippen molar-refractivity contribution in [2.45, 2.75) is 39.4 Å². The smallest absolute Gasteiger partial charge is 0.255 e. The summed E-state index contributed by atoms with van der Waals surface area (Å²) in [7, 11) is 1.66. The van der Waals surface area contributed by atoms with Crippen molar-refractivity contribution in [2.75, 3.05) is 13.7 Å². The first-order valence-electron chi connectivity index (χ1n) is 15.0. The number of ether oxygens (including phenoxy) is 3. The second kappa shape index (κ2) is 14.9. The molecule has 44 heavy (non-hydrogen) atoms. The van der Waals surface area contributed by atoms with Crippen LogP contribution in [0.3, 0.4) is 0 Å². The van der Waals surface area contributed by atoms with E-state index in [4.69, 9.17) is 14.2 Å². The van der Waals surface area contributed by atoms with Crippen molar-refractivity contribution in [3.8, 4) is 28.4 Å². The molecule has 224 valence electrons. The molecule has 0 saturated heterocycles. The first-order chi connectivity index (χ1) is 21.5. The number of amides is 1. The highest BCUT2D eigenvalue weighted by atomic mass is 16.5. The summed E-state index contributed by atoms with van der Waals surface area (Å²) in [4.78, 5) is 13.8. The molecule has 0 unspecified atom stereocenters. The molecular weight excluding hydrogens is 546 g/mol. The summed E-state index contributed by atoms with van der Waals surface area (Å²) in [6, 6.07) is 40.0.